The van der Waals surface area contributed by atoms with Crippen molar-refractivity contribution in [2.24, 2.45) is 0 Å². The van der Waals surface area contributed by atoms with E-state index >= 15 is 0 Å². The summed E-state index contributed by atoms with van der Waals surface area (Å²) in [4.78, 5) is 17.4. The van der Waals surface area contributed by atoms with Crippen LogP contribution >= 0.6 is 0 Å². The Kier molecular flexibility index (Phi) is 4.99. The molecule has 0 bridgehead atoms. The van der Waals surface area contributed by atoms with Crippen LogP contribution < -0.4 is 5.32 Å². The fourth-order valence-corrected chi connectivity index (χ4v) is 3.76. The van der Waals surface area contributed by atoms with Gasteiger partial charge in [0.05, 0.1) is 17.6 Å². The number of hydrogen-bond donors (Lipinski definition) is 1. The van der Waals surface area contributed by atoms with Gasteiger partial charge in [-0.15, -0.1) is 0 Å². The molecule has 7 nitrogen and oxygen atoms in total. The van der Waals surface area contributed by atoms with Gasteiger partial charge in [-0.3, -0.25) is 9.48 Å². The summed E-state index contributed by atoms with van der Waals surface area (Å²) in [6.07, 6.45) is 5.24. The molecule has 0 aliphatic rings. The lowest BCUT2D eigenvalue weighted by Gasteiger charge is -2.07. The summed E-state index contributed by atoms with van der Waals surface area (Å²) in [7, 11) is 0. The van der Waals surface area contributed by atoms with E-state index in [0.29, 0.717) is 16.9 Å². The van der Waals surface area contributed by atoms with Crippen LogP contribution in [0, 0.1) is 6.92 Å². The van der Waals surface area contributed by atoms with E-state index in [2.05, 4.69) is 32.6 Å². The van der Waals surface area contributed by atoms with Crippen molar-refractivity contribution in [1.82, 2.24) is 24.4 Å². The maximum Gasteiger partial charge on any atom is 0.261 e. The molecule has 158 valence electrons. The summed E-state index contributed by atoms with van der Waals surface area (Å²) >= 11 is 0. The van der Waals surface area contributed by atoms with Gasteiger partial charge in [-0.05, 0) is 43.2 Å². The average molecular weight is 422 g/mol. The van der Waals surface area contributed by atoms with Crippen LogP contribution in [0.3, 0.4) is 0 Å². The molecule has 0 aliphatic carbocycles. The number of nitrogens with zero attached hydrogens (tertiary/aromatic N) is 5. The molecule has 32 heavy (non-hydrogen) atoms. The van der Waals surface area contributed by atoms with Gasteiger partial charge in [0.2, 0.25) is 0 Å². The van der Waals surface area contributed by atoms with E-state index in [9.17, 15) is 4.79 Å². The molecule has 1 N–H and O–H groups in total. The summed E-state index contributed by atoms with van der Waals surface area (Å²) in [6, 6.07) is 19.8. The van der Waals surface area contributed by atoms with Crippen LogP contribution in [0.1, 0.15) is 23.0 Å². The lowest BCUT2D eigenvalue weighted by atomic mass is 10.1. The molecule has 3 aromatic heterocycles. The first-order valence-corrected chi connectivity index (χ1v) is 10.5. The Morgan fingerprint density at radius 2 is 1.75 bits per heavy atom. The number of fused-ring (bicyclic) bond motifs is 1. The second kappa shape index (κ2) is 8.11. The first-order chi connectivity index (χ1) is 15.6. The number of rotatable bonds is 5. The van der Waals surface area contributed by atoms with E-state index in [-0.39, 0.29) is 5.91 Å². The molecule has 1 amide bonds. The molecule has 0 aliphatic heterocycles. The van der Waals surface area contributed by atoms with Crippen molar-refractivity contribution < 1.29 is 4.79 Å². The highest BCUT2D eigenvalue weighted by Gasteiger charge is 2.18. The zero-order valence-corrected chi connectivity index (χ0v) is 17.9. The monoisotopic (exact) mass is 422 g/mol. The third-order valence-corrected chi connectivity index (χ3v) is 5.44. The zero-order chi connectivity index (χ0) is 22.1. The number of anilines is 1. The third-order valence-electron chi connectivity index (χ3n) is 5.44. The zero-order valence-electron chi connectivity index (χ0n) is 17.9. The highest BCUT2D eigenvalue weighted by atomic mass is 16.1. The number of benzene rings is 2. The van der Waals surface area contributed by atoms with Crippen molar-refractivity contribution >= 4 is 17.2 Å². The van der Waals surface area contributed by atoms with E-state index in [4.69, 9.17) is 0 Å². The van der Waals surface area contributed by atoms with Crippen molar-refractivity contribution in [3.05, 3.63) is 90.5 Å². The van der Waals surface area contributed by atoms with E-state index < -0.39 is 0 Å². The van der Waals surface area contributed by atoms with Crippen LogP contribution in [0.4, 0.5) is 5.69 Å². The smallest absolute Gasteiger partial charge is 0.261 e. The predicted molar refractivity (Wildman–Crippen MR) is 124 cm³/mol. The van der Waals surface area contributed by atoms with E-state index in [1.54, 1.807) is 16.9 Å². The van der Waals surface area contributed by atoms with Crippen molar-refractivity contribution in [2.75, 3.05) is 5.32 Å². The summed E-state index contributed by atoms with van der Waals surface area (Å²) in [5.74, 6) is -0.252. The van der Waals surface area contributed by atoms with E-state index in [1.807, 2.05) is 73.3 Å². The average Bonchev–Trinajstić information content (AvgIpc) is 3.43. The first kappa shape index (κ1) is 19.7. The standard InChI is InChI=1S/C25H22N6O/c1-3-30-16-22(17(2)29-30)23-13-14-26-24-21(15-27-31(23)24)25(32)28-20-11-9-19(10-12-20)18-7-5-4-6-8-18/h4-16H,3H2,1-2H3,(H,28,32). The topological polar surface area (TPSA) is 77.1 Å². The molecule has 5 aromatic rings. The number of nitrogens with one attached hydrogen (secondary N) is 1. The lowest BCUT2D eigenvalue weighted by Crippen LogP contribution is -2.12. The predicted octanol–water partition coefficient (Wildman–Crippen LogP) is 4.84. The van der Waals surface area contributed by atoms with Gasteiger partial charge < -0.3 is 5.32 Å². The Bertz CT molecular complexity index is 1400. The van der Waals surface area contributed by atoms with E-state index in [0.717, 1.165) is 34.6 Å². The summed E-state index contributed by atoms with van der Waals surface area (Å²) < 4.78 is 3.57. The maximum absolute atomic E-state index is 13.0. The van der Waals surface area contributed by atoms with Gasteiger partial charge in [-0.1, -0.05) is 42.5 Å². The van der Waals surface area contributed by atoms with Crippen LogP contribution in [0.15, 0.2) is 79.3 Å². The Balaban J connectivity index is 1.43. The molecule has 3 heterocycles. The van der Waals surface area contributed by atoms with Gasteiger partial charge in [0.1, 0.15) is 5.56 Å². The minimum absolute atomic E-state index is 0.252. The van der Waals surface area contributed by atoms with Crippen LogP contribution in [0.25, 0.3) is 28.0 Å². The lowest BCUT2D eigenvalue weighted by molar-refractivity contribution is 0.102. The quantitative estimate of drug-likeness (QED) is 0.440. The molecule has 0 saturated carbocycles. The molecular weight excluding hydrogens is 400 g/mol. The Hall–Kier alpha value is -4.26. The van der Waals surface area contributed by atoms with Gasteiger partial charge in [0, 0.05) is 30.2 Å². The summed E-state index contributed by atoms with van der Waals surface area (Å²) in [5, 5.41) is 11.9. The van der Waals surface area contributed by atoms with Crippen molar-refractivity contribution in [3.8, 4) is 22.4 Å². The third kappa shape index (κ3) is 3.54. The molecule has 0 spiro atoms. The van der Waals surface area contributed by atoms with Gasteiger partial charge in [-0.2, -0.15) is 10.2 Å². The molecule has 0 radical (unpaired) electrons. The fraction of sp³-hybridized carbons (Fsp3) is 0.120. The summed E-state index contributed by atoms with van der Waals surface area (Å²) in [6.45, 7) is 4.79. The molecule has 7 heteroatoms. The van der Waals surface area contributed by atoms with Crippen molar-refractivity contribution in [3.63, 3.8) is 0 Å². The van der Waals surface area contributed by atoms with Crippen LogP contribution in [-0.2, 0) is 6.54 Å². The van der Waals surface area contributed by atoms with E-state index in [1.165, 1.54) is 0 Å². The van der Waals surface area contributed by atoms with Gasteiger partial charge in [0.25, 0.3) is 5.91 Å². The molecular formula is C25H22N6O. The summed E-state index contributed by atoms with van der Waals surface area (Å²) in [5.41, 5.74) is 6.57. The number of aryl methyl sites for hydroxylation is 2. The van der Waals surface area contributed by atoms with Crippen molar-refractivity contribution in [2.45, 2.75) is 20.4 Å². The molecule has 0 fully saturated rings. The van der Waals surface area contributed by atoms with Gasteiger partial charge in [-0.25, -0.2) is 9.50 Å². The maximum atomic E-state index is 13.0. The normalized spacial score (nSPS) is 11.1. The first-order valence-electron chi connectivity index (χ1n) is 10.5. The molecule has 5 rings (SSSR count). The molecule has 0 atom stereocenters. The second-order valence-electron chi connectivity index (χ2n) is 7.51. The molecule has 2 aromatic carbocycles. The van der Waals surface area contributed by atoms with Crippen LogP contribution in [-0.4, -0.2) is 30.3 Å². The Morgan fingerprint density at radius 3 is 2.47 bits per heavy atom. The second-order valence-corrected chi connectivity index (χ2v) is 7.51. The Labute approximate surface area is 185 Å². The largest absolute Gasteiger partial charge is 0.322 e. The minimum Gasteiger partial charge on any atom is -0.322 e. The van der Waals surface area contributed by atoms with Gasteiger partial charge >= 0.3 is 0 Å². The van der Waals surface area contributed by atoms with Crippen LogP contribution in [0.5, 0.6) is 0 Å². The van der Waals surface area contributed by atoms with Crippen LogP contribution in [0.2, 0.25) is 0 Å². The number of aromatic nitrogens is 5. The molecule has 0 unspecified atom stereocenters. The number of carbonyl (C=O) groups excluding carboxylic acids is 1. The number of amides is 1. The fourth-order valence-electron chi connectivity index (χ4n) is 3.76. The molecule has 0 saturated heterocycles. The highest BCUT2D eigenvalue weighted by Crippen LogP contribution is 2.25. The highest BCUT2D eigenvalue weighted by molar-refractivity contribution is 6.08. The van der Waals surface area contributed by atoms with Crippen molar-refractivity contribution in [1.29, 1.82) is 0 Å². The Morgan fingerprint density at radius 1 is 1.00 bits per heavy atom. The SMILES string of the molecule is CCn1cc(-c2ccnc3c(C(=O)Nc4ccc(-c5ccccc5)cc4)cnn23)c(C)n1. The van der Waals surface area contributed by atoms with Gasteiger partial charge in [0.15, 0.2) is 5.65 Å². The minimum atomic E-state index is -0.252. The number of carbonyl (C=O) groups is 1. The number of hydrogen-bond acceptors (Lipinski definition) is 4.